The van der Waals surface area contributed by atoms with Gasteiger partial charge in [0.1, 0.15) is 6.61 Å². The van der Waals surface area contributed by atoms with E-state index in [1.54, 1.807) is 42.5 Å². The van der Waals surface area contributed by atoms with Gasteiger partial charge in [0.2, 0.25) is 0 Å². The zero-order valence-electron chi connectivity index (χ0n) is 17.0. The number of halogens is 1. The van der Waals surface area contributed by atoms with E-state index in [4.69, 9.17) is 21.1 Å². The molecule has 0 spiro atoms. The smallest absolute Gasteiger partial charge is 0.273 e. The van der Waals surface area contributed by atoms with Gasteiger partial charge in [-0.3, -0.25) is 4.79 Å². The van der Waals surface area contributed by atoms with Gasteiger partial charge in [-0.15, -0.1) is 0 Å². The monoisotopic (exact) mass is 438 g/mol. The highest BCUT2D eigenvalue weighted by atomic mass is 35.5. The molecule has 1 atom stereocenters. The number of aliphatic hydroxyl groups is 1. The molecule has 0 aliphatic heterocycles. The van der Waals surface area contributed by atoms with Crippen LogP contribution >= 0.6 is 11.6 Å². The standard InChI is InChI=1S/C24H23ClN2O4/c1-2-30-22-14-17(12-13-21(22)31-16-19-10-6-7-11-20(19)25)15-26-27-24(29)23(28)18-8-4-3-5-9-18/h3-15,23,28H,2,16H2,1H3,(H,27,29)/b26-15-/t23-/m1/s1. The minimum Gasteiger partial charge on any atom is -0.490 e. The number of nitrogens with one attached hydrogen (secondary N) is 1. The predicted molar refractivity (Wildman–Crippen MR) is 121 cm³/mol. The Hall–Kier alpha value is -3.35. The number of nitrogens with zero attached hydrogens (tertiary/aromatic N) is 1. The van der Waals surface area contributed by atoms with Crippen molar-refractivity contribution in [2.45, 2.75) is 19.6 Å². The summed E-state index contributed by atoms with van der Waals surface area (Å²) >= 11 is 6.18. The van der Waals surface area contributed by atoms with E-state index >= 15 is 0 Å². The Morgan fingerprint density at radius 3 is 2.55 bits per heavy atom. The van der Waals surface area contributed by atoms with Crippen molar-refractivity contribution in [3.8, 4) is 11.5 Å². The lowest BCUT2D eigenvalue weighted by Crippen LogP contribution is -2.25. The van der Waals surface area contributed by atoms with Gasteiger partial charge in [0.15, 0.2) is 17.6 Å². The van der Waals surface area contributed by atoms with E-state index in [0.717, 1.165) is 5.56 Å². The van der Waals surface area contributed by atoms with Crippen molar-refractivity contribution in [1.29, 1.82) is 0 Å². The van der Waals surface area contributed by atoms with Crippen LogP contribution in [0.15, 0.2) is 77.9 Å². The molecule has 160 valence electrons. The van der Waals surface area contributed by atoms with Crippen molar-refractivity contribution in [3.05, 3.63) is 94.5 Å². The summed E-state index contributed by atoms with van der Waals surface area (Å²) in [5, 5.41) is 14.6. The van der Waals surface area contributed by atoms with E-state index in [-0.39, 0.29) is 0 Å². The number of hydrogen-bond acceptors (Lipinski definition) is 5. The quantitative estimate of drug-likeness (QED) is 0.380. The second kappa shape index (κ2) is 11.2. The van der Waals surface area contributed by atoms with Crippen LogP contribution in [0, 0.1) is 0 Å². The van der Waals surface area contributed by atoms with Gasteiger partial charge in [-0.2, -0.15) is 5.10 Å². The molecule has 2 N–H and O–H groups in total. The summed E-state index contributed by atoms with van der Waals surface area (Å²) in [6.45, 7) is 2.65. The Labute approximate surface area is 186 Å². The second-order valence-electron chi connectivity index (χ2n) is 6.57. The fourth-order valence-electron chi connectivity index (χ4n) is 2.78. The molecule has 0 heterocycles. The topological polar surface area (TPSA) is 80.2 Å². The van der Waals surface area contributed by atoms with Crippen molar-refractivity contribution in [2.75, 3.05) is 6.61 Å². The molecule has 1 amide bonds. The molecule has 0 fully saturated rings. The lowest BCUT2D eigenvalue weighted by atomic mass is 10.1. The molecule has 6 nitrogen and oxygen atoms in total. The summed E-state index contributed by atoms with van der Waals surface area (Å²) in [6.07, 6.45) is 0.175. The van der Waals surface area contributed by atoms with Gasteiger partial charge < -0.3 is 14.6 Å². The third-order valence-electron chi connectivity index (χ3n) is 4.36. The molecule has 0 bridgehead atoms. The molecule has 3 aromatic rings. The van der Waals surface area contributed by atoms with E-state index < -0.39 is 12.0 Å². The van der Waals surface area contributed by atoms with Gasteiger partial charge in [-0.25, -0.2) is 5.43 Å². The molecule has 7 heteroatoms. The summed E-state index contributed by atoms with van der Waals surface area (Å²) in [4.78, 5) is 12.1. The number of ether oxygens (including phenoxy) is 2. The molecule has 0 unspecified atom stereocenters. The number of hydrazone groups is 1. The molecular weight excluding hydrogens is 416 g/mol. The highest BCUT2D eigenvalue weighted by Crippen LogP contribution is 2.29. The Morgan fingerprint density at radius 1 is 1.06 bits per heavy atom. The van der Waals surface area contributed by atoms with Gasteiger partial charge in [0, 0.05) is 10.6 Å². The van der Waals surface area contributed by atoms with Crippen LogP contribution in [0.1, 0.15) is 29.7 Å². The minimum atomic E-state index is -1.29. The van der Waals surface area contributed by atoms with Crippen molar-refractivity contribution >= 4 is 23.7 Å². The van der Waals surface area contributed by atoms with E-state index in [0.29, 0.717) is 40.9 Å². The van der Waals surface area contributed by atoms with Crippen molar-refractivity contribution in [3.63, 3.8) is 0 Å². The third kappa shape index (κ3) is 6.31. The number of hydrogen-bond donors (Lipinski definition) is 2. The van der Waals surface area contributed by atoms with Crippen molar-refractivity contribution < 1.29 is 19.4 Å². The zero-order valence-corrected chi connectivity index (χ0v) is 17.8. The maximum absolute atomic E-state index is 12.1. The van der Waals surface area contributed by atoms with Crippen LogP contribution < -0.4 is 14.9 Å². The average Bonchev–Trinajstić information content (AvgIpc) is 2.79. The number of carbonyl (C=O) groups is 1. The van der Waals surface area contributed by atoms with Crippen LogP contribution in [0.5, 0.6) is 11.5 Å². The molecule has 3 aromatic carbocycles. The molecule has 0 saturated heterocycles. The minimum absolute atomic E-state index is 0.306. The summed E-state index contributed by atoms with van der Waals surface area (Å²) < 4.78 is 11.6. The average molecular weight is 439 g/mol. The van der Waals surface area contributed by atoms with Crippen LogP contribution in [-0.4, -0.2) is 23.8 Å². The number of carbonyl (C=O) groups excluding carboxylic acids is 1. The highest BCUT2D eigenvalue weighted by molar-refractivity contribution is 6.31. The number of amides is 1. The molecule has 3 rings (SSSR count). The Kier molecular flexibility index (Phi) is 8.04. The van der Waals surface area contributed by atoms with Gasteiger partial charge >= 0.3 is 0 Å². The van der Waals surface area contributed by atoms with E-state index in [1.807, 2.05) is 37.3 Å². The fraction of sp³-hybridized carbons (Fsp3) is 0.167. The third-order valence-corrected chi connectivity index (χ3v) is 4.73. The first-order chi connectivity index (χ1) is 15.1. The summed E-state index contributed by atoms with van der Waals surface area (Å²) in [5.74, 6) is 0.504. The van der Waals surface area contributed by atoms with Crippen LogP contribution in [0.3, 0.4) is 0 Å². The maximum Gasteiger partial charge on any atom is 0.273 e. The molecule has 0 aliphatic rings. The van der Waals surface area contributed by atoms with Gasteiger partial charge in [-0.1, -0.05) is 60.1 Å². The van der Waals surface area contributed by atoms with E-state index in [2.05, 4.69) is 10.5 Å². The van der Waals surface area contributed by atoms with Gasteiger partial charge in [-0.05, 0) is 42.3 Å². The first-order valence-corrected chi connectivity index (χ1v) is 10.1. The SMILES string of the molecule is CCOc1cc(/C=N\NC(=O)[C@H](O)c2ccccc2)ccc1OCc1ccccc1Cl. The Morgan fingerprint density at radius 2 is 1.81 bits per heavy atom. The predicted octanol–water partition coefficient (Wildman–Crippen LogP) is 4.50. The molecule has 0 radical (unpaired) electrons. The summed E-state index contributed by atoms with van der Waals surface area (Å²) in [5.41, 5.74) is 4.41. The van der Waals surface area contributed by atoms with Crippen molar-refractivity contribution in [1.82, 2.24) is 5.43 Å². The van der Waals surface area contributed by atoms with Crippen LogP contribution in [0.2, 0.25) is 5.02 Å². The first-order valence-electron chi connectivity index (χ1n) is 9.77. The zero-order chi connectivity index (χ0) is 22.1. The Balaban J connectivity index is 1.64. The first kappa shape index (κ1) is 22.3. The molecule has 31 heavy (non-hydrogen) atoms. The van der Waals surface area contributed by atoms with E-state index in [1.165, 1.54) is 6.21 Å². The number of aliphatic hydroxyl groups excluding tert-OH is 1. The lowest BCUT2D eigenvalue weighted by molar-refractivity contribution is -0.129. The largest absolute Gasteiger partial charge is 0.490 e. The van der Waals surface area contributed by atoms with Crippen LogP contribution in [-0.2, 0) is 11.4 Å². The lowest BCUT2D eigenvalue weighted by Gasteiger charge is -2.13. The normalized spacial score (nSPS) is 11.8. The molecular formula is C24H23ClN2O4. The van der Waals surface area contributed by atoms with Gasteiger partial charge in [0.05, 0.1) is 12.8 Å². The van der Waals surface area contributed by atoms with Crippen LogP contribution in [0.25, 0.3) is 0 Å². The molecule has 0 saturated carbocycles. The maximum atomic E-state index is 12.1. The second-order valence-corrected chi connectivity index (χ2v) is 6.97. The Bertz CT molecular complexity index is 1040. The van der Waals surface area contributed by atoms with E-state index in [9.17, 15) is 9.90 Å². The van der Waals surface area contributed by atoms with Crippen molar-refractivity contribution in [2.24, 2.45) is 5.10 Å². The van der Waals surface area contributed by atoms with Gasteiger partial charge in [0.25, 0.3) is 5.91 Å². The highest BCUT2D eigenvalue weighted by Gasteiger charge is 2.16. The summed E-state index contributed by atoms with van der Waals surface area (Å²) in [7, 11) is 0. The molecule has 0 aromatic heterocycles. The molecule has 0 aliphatic carbocycles. The summed E-state index contributed by atoms with van der Waals surface area (Å²) in [6, 6.07) is 21.4. The fourth-order valence-corrected chi connectivity index (χ4v) is 2.97. The number of benzene rings is 3. The number of rotatable bonds is 9. The van der Waals surface area contributed by atoms with Crippen LogP contribution in [0.4, 0.5) is 0 Å².